The number of aryl methyl sites for hydroxylation is 1. The van der Waals surface area contributed by atoms with Gasteiger partial charge in [-0.3, -0.25) is 14.4 Å². The number of hydroxylamine groups is 1. The van der Waals surface area contributed by atoms with Gasteiger partial charge in [0.05, 0.1) is 30.6 Å². The molecule has 7 nitrogen and oxygen atoms in total. The Labute approximate surface area is 223 Å². The maximum absolute atomic E-state index is 13.9. The van der Waals surface area contributed by atoms with Gasteiger partial charge in [-0.15, -0.1) is 0 Å². The third-order valence-electron chi connectivity index (χ3n) is 7.09. The van der Waals surface area contributed by atoms with Crippen LogP contribution in [0.15, 0.2) is 72.8 Å². The summed E-state index contributed by atoms with van der Waals surface area (Å²) in [5, 5.41) is 1.70. The van der Waals surface area contributed by atoms with Gasteiger partial charge < -0.3 is 9.47 Å². The zero-order chi connectivity index (χ0) is 26.6. The van der Waals surface area contributed by atoms with E-state index in [-0.39, 0.29) is 11.8 Å². The number of nitrogens with zero attached hydrogens (tertiary/aromatic N) is 2. The third-order valence-corrected chi connectivity index (χ3v) is 7.09. The molecule has 0 saturated carbocycles. The number of carbonyl (C=O) groups is 2. The van der Waals surface area contributed by atoms with Gasteiger partial charge in [-0.1, -0.05) is 56.7 Å². The van der Waals surface area contributed by atoms with Crippen LogP contribution in [-0.2, 0) is 20.8 Å². The average Bonchev–Trinajstić information content (AvgIpc) is 3.46. The van der Waals surface area contributed by atoms with Gasteiger partial charge in [0.2, 0.25) is 5.91 Å². The zero-order valence-electron chi connectivity index (χ0n) is 22.1. The molecule has 0 N–H and O–H groups in total. The first-order valence-corrected chi connectivity index (χ1v) is 13.4. The molecule has 2 amide bonds. The highest BCUT2D eigenvalue weighted by Gasteiger charge is 2.60. The summed E-state index contributed by atoms with van der Waals surface area (Å²) in [4.78, 5) is 35.0. The van der Waals surface area contributed by atoms with E-state index in [9.17, 15) is 9.59 Å². The van der Waals surface area contributed by atoms with Crippen molar-refractivity contribution in [1.82, 2.24) is 0 Å². The number of ether oxygens (including phenoxy) is 2. The molecule has 0 unspecified atom stereocenters. The molecule has 2 heterocycles. The quantitative estimate of drug-likeness (QED) is 0.249. The van der Waals surface area contributed by atoms with E-state index in [0.29, 0.717) is 30.4 Å². The Morgan fingerprint density at radius 3 is 2.26 bits per heavy atom. The van der Waals surface area contributed by atoms with Gasteiger partial charge in [0.25, 0.3) is 5.91 Å². The molecule has 2 aliphatic heterocycles. The van der Waals surface area contributed by atoms with Gasteiger partial charge in [-0.25, -0.2) is 9.96 Å². The van der Waals surface area contributed by atoms with Crippen LogP contribution in [0, 0.1) is 5.92 Å². The molecule has 0 bridgehead atoms. The number of fused-ring (bicyclic) bond motifs is 1. The Morgan fingerprint density at radius 1 is 0.816 bits per heavy atom. The minimum atomic E-state index is -0.922. The summed E-state index contributed by atoms with van der Waals surface area (Å²) in [7, 11) is 0. The van der Waals surface area contributed by atoms with Crippen molar-refractivity contribution < 1.29 is 23.9 Å². The van der Waals surface area contributed by atoms with Crippen LogP contribution < -0.4 is 19.4 Å². The standard InChI is InChI=1S/C31H34N2O5/c1-4-7-19-37-25-18-15-22(20-26(25)36-6-3)28-27-29(38-33(28)24-11-9-8-10-12-24)31(35)32(30(27)34)23-16-13-21(5-2)14-17-23/h8-18,20,27-29H,4-7,19H2,1-3H3/t27-,28+,29-/m1/s1. The number of anilines is 2. The van der Waals surface area contributed by atoms with E-state index >= 15 is 0 Å². The fraction of sp³-hybridized carbons (Fsp3) is 0.355. The van der Waals surface area contributed by atoms with Crippen molar-refractivity contribution in [3.8, 4) is 11.5 Å². The van der Waals surface area contributed by atoms with Gasteiger partial charge in [0, 0.05) is 0 Å². The Bertz CT molecular complexity index is 1280. The fourth-order valence-corrected chi connectivity index (χ4v) is 5.11. The monoisotopic (exact) mass is 514 g/mol. The summed E-state index contributed by atoms with van der Waals surface area (Å²) in [5.41, 5.74) is 3.29. The lowest BCUT2D eigenvalue weighted by Gasteiger charge is -2.29. The minimum Gasteiger partial charge on any atom is -0.490 e. The van der Waals surface area contributed by atoms with Crippen LogP contribution in [0.3, 0.4) is 0 Å². The van der Waals surface area contributed by atoms with Crippen LogP contribution in [0.25, 0.3) is 0 Å². The van der Waals surface area contributed by atoms with Crippen LogP contribution in [0.4, 0.5) is 11.4 Å². The molecule has 2 fully saturated rings. The number of para-hydroxylation sites is 1. The predicted molar refractivity (Wildman–Crippen MR) is 146 cm³/mol. The maximum atomic E-state index is 13.9. The average molecular weight is 515 g/mol. The van der Waals surface area contributed by atoms with E-state index in [0.717, 1.165) is 36.1 Å². The van der Waals surface area contributed by atoms with Crippen molar-refractivity contribution >= 4 is 23.2 Å². The van der Waals surface area contributed by atoms with Crippen molar-refractivity contribution in [1.29, 1.82) is 0 Å². The summed E-state index contributed by atoms with van der Waals surface area (Å²) >= 11 is 0. The van der Waals surface area contributed by atoms with E-state index in [1.54, 1.807) is 5.06 Å². The van der Waals surface area contributed by atoms with Crippen molar-refractivity contribution in [3.05, 3.63) is 83.9 Å². The first-order valence-electron chi connectivity index (χ1n) is 13.4. The van der Waals surface area contributed by atoms with Gasteiger partial charge in [0.15, 0.2) is 17.6 Å². The summed E-state index contributed by atoms with van der Waals surface area (Å²) < 4.78 is 11.9. The largest absolute Gasteiger partial charge is 0.490 e. The van der Waals surface area contributed by atoms with Crippen LogP contribution in [0.2, 0.25) is 0 Å². The van der Waals surface area contributed by atoms with E-state index in [1.165, 1.54) is 4.90 Å². The number of hydrogen-bond donors (Lipinski definition) is 0. The fourth-order valence-electron chi connectivity index (χ4n) is 5.11. The minimum absolute atomic E-state index is 0.270. The number of carbonyl (C=O) groups excluding carboxylic acids is 2. The second-order valence-corrected chi connectivity index (χ2v) is 9.53. The summed E-state index contributed by atoms with van der Waals surface area (Å²) in [6, 6.07) is 22.3. The van der Waals surface area contributed by atoms with E-state index < -0.39 is 18.1 Å². The number of benzene rings is 3. The van der Waals surface area contributed by atoms with Crippen molar-refractivity contribution in [2.45, 2.75) is 52.2 Å². The number of rotatable bonds is 10. The maximum Gasteiger partial charge on any atom is 0.266 e. The Kier molecular flexibility index (Phi) is 7.65. The molecular formula is C31H34N2O5. The molecule has 3 aromatic carbocycles. The highest BCUT2D eigenvalue weighted by atomic mass is 16.7. The lowest BCUT2D eigenvalue weighted by Crippen LogP contribution is -2.37. The SMILES string of the molecule is CCCCOc1ccc([C@H]2[C@H]3C(=O)N(c4ccc(CC)cc4)C(=O)[C@@H]3ON2c2ccccc2)cc1OCC. The Hall–Kier alpha value is -3.84. The zero-order valence-corrected chi connectivity index (χ0v) is 22.1. The molecule has 198 valence electrons. The highest BCUT2D eigenvalue weighted by molar-refractivity contribution is 6.23. The first kappa shape index (κ1) is 25.8. The molecule has 0 aliphatic carbocycles. The van der Waals surface area contributed by atoms with Crippen LogP contribution in [0.1, 0.15) is 50.8 Å². The molecule has 5 rings (SSSR count). The molecule has 0 aromatic heterocycles. The molecule has 0 spiro atoms. The highest BCUT2D eigenvalue weighted by Crippen LogP contribution is 2.48. The van der Waals surface area contributed by atoms with Crippen LogP contribution in [0.5, 0.6) is 11.5 Å². The van der Waals surface area contributed by atoms with Gasteiger partial charge in [-0.2, -0.15) is 0 Å². The normalized spacial score (nSPS) is 20.7. The van der Waals surface area contributed by atoms with Crippen LogP contribution in [-0.4, -0.2) is 31.1 Å². The molecule has 3 atom stereocenters. The van der Waals surface area contributed by atoms with Crippen molar-refractivity contribution in [2.24, 2.45) is 5.92 Å². The van der Waals surface area contributed by atoms with Gasteiger partial charge in [0.1, 0.15) is 5.92 Å². The Morgan fingerprint density at radius 2 is 1.58 bits per heavy atom. The van der Waals surface area contributed by atoms with E-state index in [4.69, 9.17) is 14.3 Å². The lowest BCUT2D eigenvalue weighted by atomic mass is 9.90. The number of imide groups is 1. The number of hydrogen-bond acceptors (Lipinski definition) is 6. The summed E-state index contributed by atoms with van der Waals surface area (Å²) in [5.74, 6) is -0.0559. The van der Waals surface area contributed by atoms with Crippen molar-refractivity contribution in [3.63, 3.8) is 0 Å². The topological polar surface area (TPSA) is 68.3 Å². The summed E-state index contributed by atoms with van der Waals surface area (Å²) in [6.07, 6.45) is 1.94. The van der Waals surface area contributed by atoms with E-state index in [1.807, 2.05) is 79.7 Å². The molecule has 0 radical (unpaired) electrons. The van der Waals surface area contributed by atoms with Gasteiger partial charge >= 0.3 is 0 Å². The number of unbranched alkanes of at least 4 members (excludes halogenated alkanes) is 1. The van der Waals surface area contributed by atoms with Gasteiger partial charge in [-0.05, 0) is 67.3 Å². The smallest absolute Gasteiger partial charge is 0.266 e. The molecule has 2 saturated heterocycles. The lowest BCUT2D eigenvalue weighted by molar-refractivity contribution is -0.126. The molecule has 2 aliphatic rings. The second kappa shape index (κ2) is 11.3. The predicted octanol–water partition coefficient (Wildman–Crippen LogP) is 5.88. The molecule has 3 aromatic rings. The Balaban J connectivity index is 1.54. The summed E-state index contributed by atoms with van der Waals surface area (Å²) in [6.45, 7) is 7.18. The second-order valence-electron chi connectivity index (χ2n) is 9.53. The van der Waals surface area contributed by atoms with E-state index in [2.05, 4.69) is 13.8 Å². The first-order chi connectivity index (χ1) is 18.6. The third kappa shape index (κ3) is 4.74. The molecule has 7 heteroatoms. The van der Waals surface area contributed by atoms with Crippen molar-refractivity contribution in [2.75, 3.05) is 23.2 Å². The molecule has 38 heavy (non-hydrogen) atoms. The molecular weight excluding hydrogens is 480 g/mol. The van der Waals surface area contributed by atoms with Crippen LogP contribution >= 0.6 is 0 Å². The number of amides is 2.